The maximum atomic E-state index is 11.7. The third-order valence-corrected chi connectivity index (χ3v) is 8.26. The first-order chi connectivity index (χ1) is 13.6. The Morgan fingerprint density at radius 1 is 1.10 bits per heavy atom. The fraction of sp³-hybridized carbons (Fsp3) is 0.625. The molecule has 0 radical (unpaired) electrons. The number of fused-ring (bicyclic) bond motifs is 2. The molecule has 0 bridgehead atoms. The molecule has 1 aromatic carbocycles. The van der Waals surface area contributed by atoms with E-state index in [1.165, 1.54) is 6.07 Å². The molecular weight excluding hydrogens is 368 g/mol. The lowest BCUT2D eigenvalue weighted by Crippen LogP contribution is -2.64. The molecule has 0 aliphatic heterocycles. The van der Waals surface area contributed by atoms with Gasteiger partial charge < -0.3 is 19.4 Å². The smallest absolute Gasteiger partial charge is 0.336 e. The van der Waals surface area contributed by atoms with Gasteiger partial charge in [-0.15, -0.1) is 0 Å². The lowest BCUT2D eigenvalue weighted by atomic mass is 9.44. The summed E-state index contributed by atoms with van der Waals surface area (Å²) in [6.07, 6.45) is 3.03. The number of benzene rings is 1. The van der Waals surface area contributed by atoms with Gasteiger partial charge >= 0.3 is 5.63 Å². The van der Waals surface area contributed by atoms with E-state index in [9.17, 15) is 15.0 Å². The van der Waals surface area contributed by atoms with Crippen molar-refractivity contribution in [2.45, 2.75) is 65.1 Å². The molecule has 0 saturated heterocycles. The molecular formula is C24H32O5. The molecule has 5 heteroatoms. The number of aliphatic hydroxyl groups is 2. The Balaban J connectivity index is 1.54. The highest BCUT2D eigenvalue weighted by molar-refractivity contribution is 5.77. The first-order valence-corrected chi connectivity index (χ1v) is 10.6. The lowest BCUT2D eigenvalue weighted by Gasteiger charge is -2.63. The van der Waals surface area contributed by atoms with Crippen LogP contribution in [0, 0.1) is 22.7 Å². The Morgan fingerprint density at radius 3 is 2.59 bits per heavy atom. The Kier molecular flexibility index (Phi) is 4.82. The third-order valence-electron chi connectivity index (χ3n) is 8.26. The van der Waals surface area contributed by atoms with Crippen molar-refractivity contribution in [3.8, 4) is 5.75 Å². The van der Waals surface area contributed by atoms with Crippen LogP contribution in [0.4, 0.5) is 0 Å². The summed E-state index contributed by atoms with van der Waals surface area (Å²) in [5.41, 5.74) is -1.25. The van der Waals surface area contributed by atoms with Crippen molar-refractivity contribution >= 4 is 11.0 Å². The minimum atomic E-state index is -0.892. The fourth-order valence-corrected chi connectivity index (χ4v) is 6.02. The second-order valence-corrected chi connectivity index (χ2v) is 10.0. The molecule has 2 N–H and O–H groups in total. The van der Waals surface area contributed by atoms with E-state index in [0.29, 0.717) is 24.4 Å². The zero-order valence-electron chi connectivity index (χ0n) is 17.8. The van der Waals surface area contributed by atoms with E-state index in [-0.39, 0.29) is 34.4 Å². The highest BCUT2D eigenvalue weighted by atomic mass is 16.5. The van der Waals surface area contributed by atoms with Crippen LogP contribution in [-0.2, 0) is 0 Å². The summed E-state index contributed by atoms with van der Waals surface area (Å²) in [7, 11) is 0. The first-order valence-electron chi connectivity index (χ1n) is 10.6. The predicted molar refractivity (Wildman–Crippen MR) is 112 cm³/mol. The van der Waals surface area contributed by atoms with E-state index < -0.39 is 5.60 Å². The molecule has 4 rings (SSSR count). The van der Waals surface area contributed by atoms with Crippen LogP contribution in [-0.4, -0.2) is 28.5 Å². The van der Waals surface area contributed by atoms with Crippen molar-refractivity contribution in [2.24, 2.45) is 22.7 Å². The molecule has 1 heterocycles. The van der Waals surface area contributed by atoms with Crippen LogP contribution in [0.15, 0.2) is 39.5 Å². The van der Waals surface area contributed by atoms with Crippen LogP contribution in [0.1, 0.15) is 53.4 Å². The van der Waals surface area contributed by atoms with Gasteiger partial charge in [-0.05, 0) is 67.6 Å². The summed E-state index contributed by atoms with van der Waals surface area (Å²) in [5.74, 6) is 0.891. The number of ether oxygens (including phenoxy) is 1. The van der Waals surface area contributed by atoms with Gasteiger partial charge in [0.15, 0.2) is 0 Å². The second-order valence-electron chi connectivity index (χ2n) is 10.0. The molecule has 158 valence electrons. The topological polar surface area (TPSA) is 79.9 Å². The number of aliphatic hydroxyl groups excluding tert-OH is 1. The zero-order chi connectivity index (χ0) is 21.0. The van der Waals surface area contributed by atoms with Crippen LogP contribution in [0.2, 0.25) is 0 Å². The van der Waals surface area contributed by atoms with Crippen molar-refractivity contribution in [3.63, 3.8) is 0 Å². The molecule has 0 amide bonds. The summed E-state index contributed by atoms with van der Waals surface area (Å²) in [6.45, 7) is 8.80. The molecule has 2 fully saturated rings. The van der Waals surface area contributed by atoms with Crippen molar-refractivity contribution < 1.29 is 19.4 Å². The highest BCUT2D eigenvalue weighted by Crippen LogP contribution is 2.62. The normalized spacial score (nSPS) is 36.6. The van der Waals surface area contributed by atoms with E-state index in [1.54, 1.807) is 12.1 Å². The SMILES string of the molecule is CC1(C)C(O)CCC2(C)C1CCC(COc1ccc3ccc(=O)oc3c1)C2(C)O. The first kappa shape index (κ1) is 20.4. The monoisotopic (exact) mass is 400 g/mol. The molecule has 5 nitrogen and oxygen atoms in total. The number of hydrogen-bond donors (Lipinski definition) is 2. The van der Waals surface area contributed by atoms with Gasteiger partial charge in [-0.25, -0.2) is 4.79 Å². The van der Waals surface area contributed by atoms with E-state index in [4.69, 9.17) is 9.15 Å². The Morgan fingerprint density at radius 2 is 1.83 bits per heavy atom. The van der Waals surface area contributed by atoms with E-state index >= 15 is 0 Å². The number of hydrogen-bond acceptors (Lipinski definition) is 5. The van der Waals surface area contributed by atoms with Gasteiger partial charge in [-0.3, -0.25) is 0 Å². The van der Waals surface area contributed by atoms with E-state index in [2.05, 4.69) is 20.8 Å². The van der Waals surface area contributed by atoms with Crippen LogP contribution in [0.3, 0.4) is 0 Å². The Labute approximate surface area is 171 Å². The van der Waals surface area contributed by atoms with Crippen LogP contribution >= 0.6 is 0 Å². The van der Waals surface area contributed by atoms with Gasteiger partial charge in [-0.2, -0.15) is 0 Å². The Bertz CT molecular complexity index is 959. The minimum absolute atomic E-state index is 0.00623. The summed E-state index contributed by atoms with van der Waals surface area (Å²) >= 11 is 0. The predicted octanol–water partition coefficient (Wildman–Crippen LogP) is 4.14. The molecule has 2 saturated carbocycles. The largest absolute Gasteiger partial charge is 0.493 e. The molecule has 2 aromatic rings. The highest BCUT2D eigenvalue weighted by Gasteiger charge is 2.62. The molecule has 0 spiro atoms. The molecule has 29 heavy (non-hydrogen) atoms. The zero-order valence-corrected chi connectivity index (χ0v) is 17.8. The average molecular weight is 401 g/mol. The summed E-state index contributed by atoms with van der Waals surface area (Å²) in [4.78, 5) is 11.5. The van der Waals surface area contributed by atoms with Crippen molar-refractivity contribution in [3.05, 3.63) is 40.8 Å². The molecule has 2 aliphatic rings. The summed E-state index contributed by atoms with van der Waals surface area (Å²) in [5, 5.41) is 23.1. The van der Waals surface area contributed by atoms with E-state index in [0.717, 1.165) is 24.6 Å². The fourth-order valence-electron chi connectivity index (χ4n) is 6.02. The molecule has 2 aliphatic carbocycles. The third kappa shape index (κ3) is 3.19. The van der Waals surface area contributed by atoms with Gasteiger partial charge in [-0.1, -0.05) is 20.8 Å². The maximum absolute atomic E-state index is 11.7. The van der Waals surface area contributed by atoms with Crippen molar-refractivity contribution in [1.29, 1.82) is 0 Å². The summed E-state index contributed by atoms with van der Waals surface area (Å²) in [6, 6.07) is 8.61. The quantitative estimate of drug-likeness (QED) is 0.757. The van der Waals surface area contributed by atoms with Gasteiger partial charge in [0.05, 0.1) is 18.3 Å². The number of rotatable bonds is 3. The maximum Gasteiger partial charge on any atom is 0.336 e. The lowest BCUT2D eigenvalue weighted by molar-refractivity contribution is -0.227. The molecule has 1 aromatic heterocycles. The molecule has 5 atom stereocenters. The summed E-state index contributed by atoms with van der Waals surface area (Å²) < 4.78 is 11.3. The minimum Gasteiger partial charge on any atom is -0.493 e. The van der Waals surface area contributed by atoms with Gasteiger partial charge in [0.2, 0.25) is 0 Å². The van der Waals surface area contributed by atoms with Gasteiger partial charge in [0, 0.05) is 23.4 Å². The molecule has 5 unspecified atom stereocenters. The average Bonchev–Trinajstić information content (AvgIpc) is 2.65. The second kappa shape index (κ2) is 6.85. The van der Waals surface area contributed by atoms with Gasteiger partial charge in [0.1, 0.15) is 11.3 Å². The van der Waals surface area contributed by atoms with Crippen molar-refractivity contribution in [1.82, 2.24) is 0 Å². The Hall–Kier alpha value is -1.85. The van der Waals surface area contributed by atoms with E-state index in [1.807, 2.05) is 19.1 Å². The van der Waals surface area contributed by atoms with Crippen LogP contribution < -0.4 is 10.4 Å². The van der Waals surface area contributed by atoms with Crippen LogP contribution in [0.25, 0.3) is 11.0 Å². The van der Waals surface area contributed by atoms with Crippen LogP contribution in [0.5, 0.6) is 5.75 Å². The van der Waals surface area contributed by atoms with Crippen molar-refractivity contribution in [2.75, 3.05) is 6.61 Å². The standard InChI is InChI=1S/C24H32O5/c1-22(2)19-9-7-16(24(4,27)23(19,3)12-11-20(22)25)14-28-17-8-5-15-6-10-21(26)29-18(15)13-17/h5-6,8,10,13,16,19-20,25,27H,7,9,11-12,14H2,1-4H3. The van der Waals surface area contributed by atoms with Gasteiger partial charge in [0.25, 0.3) is 0 Å².